The van der Waals surface area contributed by atoms with Crippen molar-refractivity contribution < 1.29 is 23.3 Å². The van der Waals surface area contributed by atoms with Crippen LogP contribution >= 0.6 is 0 Å². The van der Waals surface area contributed by atoms with Crippen LogP contribution in [0, 0.1) is 13.8 Å². The number of hydrogen-bond donors (Lipinski definition) is 1. The first-order valence-corrected chi connectivity index (χ1v) is 8.22. The second-order valence-electron chi connectivity index (χ2n) is 5.94. The van der Waals surface area contributed by atoms with Gasteiger partial charge in [-0.15, -0.1) is 10.2 Å². The Bertz CT molecular complexity index is 701. The summed E-state index contributed by atoms with van der Waals surface area (Å²) in [7, 11) is 0. The fourth-order valence-corrected chi connectivity index (χ4v) is 2.89. The molecule has 0 aromatic carbocycles. The lowest BCUT2D eigenvalue weighted by molar-refractivity contribution is -0.918. The van der Waals surface area contributed by atoms with Crippen LogP contribution in [0.4, 0.5) is 4.79 Å². The number of quaternary nitrogens is 1. The number of amides is 1. The first-order chi connectivity index (χ1) is 11.6. The summed E-state index contributed by atoms with van der Waals surface area (Å²) in [6, 6.07) is 1.90. The number of hydrogen-bond acceptors (Lipinski definition) is 6. The van der Waals surface area contributed by atoms with Gasteiger partial charge in [0.1, 0.15) is 11.5 Å². The minimum atomic E-state index is -0.234. The van der Waals surface area contributed by atoms with Crippen LogP contribution in [0.2, 0.25) is 0 Å². The van der Waals surface area contributed by atoms with Gasteiger partial charge in [-0.1, -0.05) is 0 Å². The molecule has 3 rings (SSSR count). The van der Waals surface area contributed by atoms with Crippen LogP contribution in [0.25, 0.3) is 11.5 Å². The molecule has 0 bridgehead atoms. The molecule has 0 spiro atoms. The summed E-state index contributed by atoms with van der Waals surface area (Å²) in [4.78, 5) is 14.8. The molecule has 3 heterocycles. The van der Waals surface area contributed by atoms with E-state index in [1.54, 1.807) is 4.90 Å². The molecule has 0 radical (unpaired) electrons. The fraction of sp³-hybridized carbons (Fsp3) is 0.562. The molecule has 1 aliphatic heterocycles. The predicted molar refractivity (Wildman–Crippen MR) is 84.5 cm³/mol. The van der Waals surface area contributed by atoms with Gasteiger partial charge in [-0.3, -0.25) is 4.90 Å². The number of ether oxygens (including phenoxy) is 1. The lowest BCUT2D eigenvalue weighted by Gasteiger charge is -2.30. The van der Waals surface area contributed by atoms with Crippen molar-refractivity contribution in [1.29, 1.82) is 0 Å². The monoisotopic (exact) mass is 335 g/mol. The molecule has 1 N–H and O–H groups in total. The van der Waals surface area contributed by atoms with Crippen LogP contribution in [0.15, 0.2) is 14.9 Å². The summed E-state index contributed by atoms with van der Waals surface area (Å²) in [6.45, 7) is 9.66. The van der Waals surface area contributed by atoms with Crippen LogP contribution < -0.4 is 4.90 Å². The first-order valence-electron chi connectivity index (χ1n) is 8.22. The number of furan rings is 1. The maximum absolute atomic E-state index is 11.7. The van der Waals surface area contributed by atoms with Gasteiger partial charge in [0.05, 0.1) is 38.3 Å². The van der Waals surface area contributed by atoms with Gasteiger partial charge in [0.25, 0.3) is 11.8 Å². The average Bonchev–Trinajstić information content (AvgIpc) is 3.14. The molecule has 1 aliphatic rings. The standard InChI is InChI=1S/C16H22N4O4/c1-4-22-16(21)20-7-5-19(6-8-20)10-14-17-18-15(24-14)13-9-11(2)23-12(13)3/h9H,4-8,10H2,1-3H3/p+1. The highest BCUT2D eigenvalue weighted by atomic mass is 16.6. The number of aromatic nitrogens is 2. The molecule has 1 fully saturated rings. The molecular weight excluding hydrogens is 312 g/mol. The zero-order valence-electron chi connectivity index (χ0n) is 14.3. The van der Waals surface area contributed by atoms with Gasteiger partial charge < -0.3 is 18.5 Å². The average molecular weight is 335 g/mol. The first kappa shape index (κ1) is 16.5. The van der Waals surface area contributed by atoms with E-state index in [0.29, 0.717) is 38.0 Å². The van der Waals surface area contributed by atoms with Crippen molar-refractivity contribution in [3.8, 4) is 11.5 Å². The number of carbonyl (C=O) groups is 1. The Morgan fingerprint density at radius 3 is 2.67 bits per heavy atom. The fourth-order valence-electron chi connectivity index (χ4n) is 2.89. The Morgan fingerprint density at radius 2 is 2.04 bits per heavy atom. The third kappa shape index (κ3) is 3.59. The van der Waals surface area contributed by atoms with Crippen molar-refractivity contribution in [3.63, 3.8) is 0 Å². The molecule has 8 nitrogen and oxygen atoms in total. The van der Waals surface area contributed by atoms with E-state index in [0.717, 1.165) is 30.2 Å². The Morgan fingerprint density at radius 1 is 1.29 bits per heavy atom. The van der Waals surface area contributed by atoms with Crippen molar-refractivity contribution in [1.82, 2.24) is 15.1 Å². The van der Waals surface area contributed by atoms with Crippen molar-refractivity contribution in [2.75, 3.05) is 32.8 Å². The quantitative estimate of drug-likeness (QED) is 0.890. The number of piperazine rings is 1. The van der Waals surface area contributed by atoms with E-state index in [-0.39, 0.29) is 6.09 Å². The smallest absolute Gasteiger partial charge is 0.410 e. The molecule has 0 aliphatic carbocycles. The SMILES string of the molecule is CCOC(=O)N1CC[NH+](Cc2nnc(-c3cc(C)oc3C)o2)CC1. The van der Waals surface area contributed by atoms with Crippen LogP contribution in [-0.4, -0.2) is 54.0 Å². The van der Waals surface area contributed by atoms with Crippen LogP contribution in [-0.2, 0) is 11.3 Å². The summed E-state index contributed by atoms with van der Waals surface area (Å²) in [5.74, 6) is 2.69. The highest BCUT2D eigenvalue weighted by Crippen LogP contribution is 2.25. The second kappa shape index (κ2) is 7.04. The van der Waals surface area contributed by atoms with E-state index >= 15 is 0 Å². The molecule has 2 aromatic heterocycles. The molecule has 0 unspecified atom stereocenters. The minimum absolute atomic E-state index is 0.234. The zero-order valence-corrected chi connectivity index (χ0v) is 14.3. The largest absolute Gasteiger partial charge is 0.466 e. The number of nitrogens with zero attached hydrogens (tertiary/aromatic N) is 3. The van der Waals surface area contributed by atoms with Gasteiger partial charge in [0.2, 0.25) is 0 Å². The number of carbonyl (C=O) groups excluding carboxylic acids is 1. The summed E-state index contributed by atoms with van der Waals surface area (Å²) >= 11 is 0. The van der Waals surface area contributed by atoms with Crippen molar-refractivity contribution >= 4 is 6.09 Å². The normalized spacial score (nSPS) is 15.7. The van der Waals surface area contributed by atoms with Gasteiger partial charge in [0, 0.05) is 0 Å². The van der Waals surface area contributed by atoms with Crippen LogP contribution in [0.1, 0.15) is 24.3 Å². The summed E-state index contributed by atoms with van der Waals surface area (Å²) < 4.78 is 16.3. The number of aryl methyl sites for hydroxylation is 2. The van der Waals surface area contributed by atoms with E-state index in [1.165, 1.54) is 4.90 Å². The Balaban J connectivity index is 1.56. The highest BCUT2D eigenvalue weighted by Gasteiger charge is 2.26. The molecular formula is C16H23N4O4+. The summed E-state index contributed by atoms with van der Waals surface area (Å²) in [5, 5.41) is 8.26. The molecule has 1 amide bonds. The molecule has 130 valence electrons. The highest BCUT2D eigenvalue weighted by molar-refractivity contribution is 5.67. The molecule has 2 aromatic rings. The summed E-state index contributed by atoms with van der Waals surface area (Å²) in [6.07, 6.45) is -0.234. The molecule has 0 saturated carbocycles. The van der Waals surface area contributed by atoms with Gasteiger partial charge in [-0.25, -0.2) is 4.79 Å². The Hall–Kier alpha value is -2.35. The lowest BCUT2D eigenvalue weighted by Crippen LogP contribution is -3.13. The van der Waals surface area contributed by atoms with Gasteiger partial charge >= 0.3 is 6.09 Å². The Labute approximate surface area is 140 Å². The predicted octanol–water partition coefficient (Wildman–Crippen LogP) is 0.803. The lowest BCUT2D eigenvalue weighted by atomic mass is 10.2. The van der Waals surface area contributed by atoms with Crippen molar-refractivity contribution in [2.24, 2.45) is 0 Å². The second-order valence-corrected chi connectivity index (χ2v) is 5.94. The van der Waals surface area contributed by atoms with E-state index in [2.05, 4.69) is 10.2 Å². The van der Waals surface area contributed by atoms with Gasteiger partial charge in [-0.05, 0) is 26.8 Å². The van der Waals surface area contributed by atoms with Crippen molar-refractivity contribution in [2.45, 2.75) is 27.3 Å². The minimum Gasteiger partial charge on any atom is -0.466 e. The third-order valence-corrected chi connectivity index (χ3v) is 4.14. The molecule has 24 heavy (non-hydrogen) atoms. The van der Waals surface area contributed by atoms with Crippen LogP contribution in [0.3, 0.4) is 0 Å². The third-order valence-electron chi connectivity index (χ3n) is 4.14. The van der Waals surface area contributed by atoms with Crippen molar-refractivity contribution in [3.05, 3.63) is 23.5 Å². The van der Waals surface area contributed by atoms with E-state index < -0.39 is 0 Å². The van der Waals surface area contributed by atoms with Crippen LogP contribution in [0.5, 0.6) is 0 Å². The van der Waals surface area contributed by atoms with E-state index in [1.807, 2.05) is 26.8 Å². The molecule has 1 saturated heterocycles. The maximum Gasteiger partial charge on any atom is 0.410 e. The molecule has 0 atom stereocenters. The van der Waals surface area contributed by atoms with E-state index in [9.17, 15) is 4.79 Å². The number of rotatable bonds is 4. The van der Waals surface area contributed by atoms with Gasteiger partial charge in [0.15, 0.2) is 6.54 Å². The topological polar surface area (TPSA) is 86.0 Å². The maximum atomic E-state index is 11.7. The molecule has 8 heteroatoms. The zero-order chi connectivity index (χ0) is 17.1. The number of nitrogens with one attached hydrogen (secondary N) is 1. The van der Waals surface area contributed by atoms with Gasteiger partial charge in [-0.2, -0.15) is 0 Å². The summed E-state index contributed by atoms with van der Waals surface area (Å²) in [5.41, 5.74) is 0.841. The Kier molecular flexibility index (Phi) is 4.84. The van der Waals surface area contributed by atoms with E-state index in [4.69, 9.17) is 13.6 Å².